The quantitative estimate of drug-likeness (QED) is 0.604. The summed E-state index contributed by atoms with van der Waals surface area (Å²) < 4.78 is 0. The van der Waals surface area contributed by atoms with E-state index in [4.69, 9.17) is 0 Å². The lowest BCUT2D eigenvalue weighted by atomic mass is 10.2. The Morgan fingerprint density at radius 3 is 2.64 bits per heavy atom. The van der Waals surface area contributed by atoms with Gasteiger partial charge in [-0.05, 0) is 13.3 Å². The number of hydrogen-bond acceptors (Lipinski definition) is 1. The maximum atomic E-state index is 10.7. The highest BCUT2D eigenvalue weighted by molar-refractivity contribution is 5.73. The summed E-state index contributed by atoms with van der Waals surface area (Å²) in [7, 11) is 0. The van der Waals surface area contributed by atoms with Gasteiger partial charge in [0.25, 0.3) is 0 Å². The lowest BCUT2D eigenvalue weighted by molar-refractivity contribution is 0.240. The van der Waals surface area contributed by atoms with Crippen molar-refractivity contribution in [2.45, 2.75) is 33.1 Å². The molecule has 0 unspecified atom stereocenters. The fourth-order valence-corrected chi connectivity index (χ4v) is 0.750. The van der Waals surface area contributed by atoms with E-state index in [0.29, 0.717) is 13.1 Å². The van der Waals surface area contributed by atoms with Crippen LogP contribution in [0.1, 0.15) is 33.1 Å². The standard InChI is InChI=1S/C8H17N2O/c1-3-5-6-7-10-8(11)9-4-2/h3-7H2,1-2H3,(H,9,11). The molecule has 0 aromatic rings. The maximum Gasteiger partial charge on any atom is 0.336 e. The van der Waals surface area contributed by atoms with Crippen molar-refractivity contribution in [1.29, 1.82) is 0 Å². The molecule has 3 nitrogen and oxygen atoms in total. The molecule has 0 aliphatic heterocycles. The molecule has 0 fully saturated rings. The van der Waals surface area contributed by atoms with Crippen molar-refractivity contribution in [2.75, 3.05) is 13.1 Å². The predicted molar refractivity (Wildman–Crippen MR) is 45.6 cm³/mol. The Labute approximate surface area is 68.6 Å². The van der Waals surface area contributed by atoms with Crippen LogP contribution in [0.4, 0.5) is 4.79 Å². The van der Waals surface area contributed by atoms with Crippen LogP contribution in [0, 0.1) is 0 Å². The lowest BCUT2D eigenvalue weighted by Crippen LogP contribution is -2.30. The summed E-state index contributed by atoms with van der Waals surface area (Å²) in [5.74, 6) is 0. The third-order valence-corrected chi connectivity index (χ3v) is 1.35. The molecule has 3 heteroatoms. The maximum absolute atomic E-state index is 10.7. The number of urea groups is 1. The molecule has 1 radical (unpaired) electrons. The summed E-state index contributed by atoms with van der Waals surface area (Å²) in [5.41, 5.74) is 0. The van der Waals surface area contributed by atoms with Crippen LogP contribution in [0.3, 0.4) is 0 Å². The Kier molecular flexibility index (Phi) is 6.89. The van der Waals surface area contributed by atoms with Crippen molar-refractivity contribution in [3.8, 4) is 0 Å². The highest BCUT2D eigenvalue weighted by atomic mass is 16.2. The zero-order valence-electron chi connectivity index (χ0n) is 7.39. The zero-order valence-corrected chi connectivity index (χ0v) is 7.39. The van der Waals surface area contributed by atoms with Crippen LogP contribution >= 0.6 is 0 Å². The number of nitrogens with one attached hydrogen (secondary N) is 1. The number of carbonyl (C=O) groups is 1. The monoisotopic (exact) mass is 157 g/mol. The number of unbranched alkanes of at least 4 members (excludes halogenated alkanes) is 2. The van der Waals surface area contributed by atoms with Crippen molar-refractivity contribution in [3.63, 3.8) is 0 Å². The minimum atomic E-state index is -0.177. The second-order valence-corrected chi connectivity index (χ2v) is 2.42. The average molecular weight is 157 g/mol. The van der Waals surface area contributed by atoms with Gasteiger partial charge in [0.15, 0.2) is 0 Å². The number of carbonyl (C=O) groups excluding carboxylic acids is 1. The molecule has 0 aromatic heterocycles. The van der Waals surface area contributed by atoms with Gasteiger partial charge >= 0.3 is 6.03 Å². The Morgan fingerprint density at radius 1 is 1.36 bits per heavy atom. The van der Waals surface area contributed by atoms with Crippen LogP contribution in [-0.4, -0.2) is 19.1 Å². The number of hydrogen-bond donors (Lipinski definition) is 1. The molecule has 0 heterocycles. The van der Waals surface area contributed by atoms with E-state index in [9.17, 15) is 4.79 Å². The Bertz CT molecular complexity index is 104. The van der Waals surface area contributed by atoms with Gasteiger partial charge in [0, 0.05) is 13.1 Å². The minimum absolute atomic E-state index is 0.177. The summed E-state index contributed by atoms with van der Waals surface area (Å²) in [6.07, 6.45) is 3.35. The first kappa shape index (κ1) is 10.3. The fourth-order valence-electron chi connectivity index (χ4n) is 0.750. The molecule has 0 saturated carbocycles. The molecule has 0 aliphatic carbocycles. The summed E-state index contributed by atoms with van der Waals surface area (Å²) in [4.78, 5) is 10.7. The normalized spacial score (nSPS) is 9.27. The van der Waals surface area contributed by atoms with Crippen LogP contribution in [-0.2, 0) is 0 Å². The summed E-state index contributed by atoms with van der Waals surface area (Å²) in [5, 5.41) is 6.42. The van der Waals surface area contributed by atoms with Crippen molar-refractivity contribution >= 4 is 6.03 Å². The van der Waals surface area contributed by atoms with E-state index in [-0.39, 0.29) is 6.03 Å². The van der Waals surface area contributed by atoms with Gasteiger partial charge in [0.05, 0.1) is 0 Å². The van der Waals surface area contributed by atoms with E-state index < -0.39 is 0 Å². The Morgan fingerprint density at radius 2 is 2.09 bits per heavy atom. The molecular formula is C8H17N2O. The molecule has 0 spiro atoms. The van der Waals surface area contributed by atoms with Gasteiger partial charge in [-0.25, -0.2) is 10.1 Å². The van der Waals surface area contributed by atoms with Crippen molar-refractivity contribution in [1.82, 2.24) is 10.6 Å². The molecule has 0 saturated heterocycles. The number of amides is 2. The average Bonchev–Trinajstić information content (AvgIpc) is 1.99. The molecular weight excluding hydrogens is 140 g/mol. The van der Waals surface area contributed by atoms with E-state index >= 15 is 0 Å². The van der Waals surface area contributed by atoms with Gasteiger partial charge in [0.1, 0.15) is 0 Å². The molecule has 0 rings (SSSR count). The fraction of sp³-hybridized carbons (Fsp3) is 0.875. The van der Waals surface area contributed by atoms with Crippen molar-refractivity contribution in [3.05, 3.63) is 0 Å². The highest BCUT2D eigenvalue weighted by Gasteiger charge is 1.96. The van der Waals surface area contributed by atoms with Gasteiger partial charge in [-0.3, -0.25) is 0 Å². The molecule has 1 N–H and O–H groups in total. The molecule has 0 atom stereocenters. The third-order valence-electron chi connectivity index (χ3n) is 1.35. The summed E-state index contributed by atoms with van der Waals surface area (Å²) in [6, 6.07) is -0.177. The van der Waals surface area contributed by atoms with Gasteiger partial charge in [-0.15, -0.1) is 0 Å². The van der Waals surface area contributed by atoms with Crippen LogP contribution in [0.2, 0.25) is 0 Å². The zero-order chi connectivity index (χ0) is 8.53. The van der Waals surface area contributed by atoms with Gasteiger partial charge < -0.3 is 5.32 Å². The number of rotatable bonds is 5. The van der Waals surface area contributed by atoms with Gasteiger partial charge in [-0.2, -0.15) is 0 Å². The summed E-state index contributed by atoms with van der Waals surface area (Å²) >= 11 is 0. The smallest absolute Gasteiger partial charge is 0.336 e. The van der Waals surface area contributed by atoms with Crippen LogP contribution in [0.5, 0.6) is 0 Å². The third kappa shape index (κ3) is 7.16. The molecule has 2 amide bonds. The molecule has 11 heavy (non-hydrogen) atoms. The second kappa shape index (κ2) is 7.38. The lowest BCUT2D eigenvalue weighted by Gasteiger charge is -2.00. The molecule has 0 bridgehead atoms. The van der Waals surface area contributed by atoms with Crippen LogP contribution in [0.25, 0.3) is 0 Å². The van der Waals surface area contributed by atoms with E-state index in [2.05, 4.69) is 17.6 Å². The largest absolute Gasteiger partial charge is 0.337 e. The summed E-state index contributed by atoms with van der Waals surface area (Å²) in [6.45, 7) is 5.35. The van der Waals surface area contributed by atoms with E-state index in [0.717, 1.165) is 12.8 Å². The Hall–Kier alpha value is -0.730. The predicted octanol–water partition coefficient (Wildman–Crippen LogP) is 1.51. The second-order valence-electron chi connectivity index (χ2n) is 2.42. The molecule has 65 valence electrons. The minimum Gasteiger partial charge on any atom is -0.337 e. The van der Waals surface area contributed by atoms with E-state index in [1.807, 2.05) is 6.92 Å². The highest BCUT2D eigenvalue weighted by Crippen LogP contribution is 1.91. The van der Waals surface area contributed by atoms with Crippen LogP contribution in [0.15, 0.2) is 0 Å². The molecule has 0 aromatic carbocycles. The van der Waals surface area contributed by atoms with E-state index in [1.165, 1.54) is 6.42 Å². The van der Waals surface area contributed by atoms with E-state index in [1.54, 1.807) is 0 Å². The molecule has 0 aliphatic rings. The number of nitrogens with zero attached hydrogens (tertiary/aromatic N) is 1. The first-order chi connectivity index (χ1) is 5.31. The van der Waals surface area contributed by atoms with Crippen LogP contribution < -0.4 is 10.6 Å². The SMILES string of the molecule is CCCCC[N]C(=O)NCC. The van der Waals surface area contributed by atoms with Gasteiger partial charge in [-0.1, -0.05) is 19.8 Å². The van der Waals surface area contributed by atoms with Gasteiger partial charge in [0.2, 0.25) is 0 Å². The van der Waals surface area contributed by atoms with Crippen molar-refractivity contribution < 1.29 is 4.79 Å². The first-order valence-electron chi connectivity index (χ1n) is 4.26. The van der Waals surface area contributed by atoms with Crippen molar-refractivity contribution in [2.24, 2.45) is 0 Å². The first-order valence-corrected chi connectivity index (χ1v) is 4.26. The topological polar surface area (TPSA) is 43.2 Å². The Balaban J connectivity index is 3.04.